The lowest BCUT2D eigenvalue weighted by molar-refractivity contribution is 0.0235. The summed E-state index contributed by atoms with van der Waals surface area (Å²) in [5, 5.41) is 3.61. The van der Waals surface area contributed by atoms with Gasteiger partial charge in [-0.1, -0.05) is 0 Å². The average Bonchev–Trinajstić information content (AvgIpc) is 3.23. The van der Waals surface area contributed by atoms with E-state index in [9.17, 15) is 4.79 Å². The summed E-state index contributed by atoms with van der Waals surface area (Å²) in [5.41, 5.74) is -0.472. The van der Waals surface area contributed by atoms with Crippen LogP contribution in [0.2, 0.25) is 0 Å². The van der Waals surface area contributed by atoms with Crippen molar-refractivity contribution in [2.75, 3.05) is 40.0 Å². The second-order valence-corrected chi connectivity index (χ2v) is 7.26. The molecule has 1 N–H and O–H groups in total. The van der Waals surface area contributed by atoms with Crippen LogP contribution in [0.5, 0.6) is 0 Å². The van der Waals surface area contributed by atoms with E-state index in [1.54, 1.807) is 12.0 Å². The van der Waals surface area contributed by atoms with Crippen molar-refractivity contribution in [1.29, 1.82) is 0 Å². The number of carbonyl (C=O) groups excluding carboxylic acids is 1. The van der Waals surface area contributed by atoms with Crippen LogP contribution in [0.3, 0.4) is 0 Å². The number of hydrogen-bond donors (Lipinski definition) is 1. The second-order valence-electron chi connectivity index (χ2n) is 7.26. The molecular weight excluding hydrogens is 284 g/mol. The zero-order valence-corrected chi connectivity index (χ0v) is 14.3. The first-order valence-corrected chi connectivity index (χ1v) is 8.19. The molecule has 0 spiro atoms. The Kier molecular flexibility index (Phi) is 6.06. The Hall–Kier alpha value is -0.850. The molecule has 6 heteroatoms. The molecule has 1 heterocycles. The molecule has 22 heavy (non-hydrogen) atoms. The number of rotatable bonds is 5. The summed E-state index contributed by atoms with van der Waals surface area (Å²) < 4.78 is 16.4. The first-order chi connectivity index (χ1) is 10.4. The molecule has 2 fully saturated rings. The number of ether oxygens (including phenoxy) is 3. The minimum Gasteiger partial charge on any atom is -0.444 e. The van der Waals surface area contributed by atoms with E-state index in [0.29, 0.717) is 44.9 Å². The zero-order valence-electron chi connectivity index (χ0n) is 14.3. The van der Waals surface area contributed by atoms with Crippen molar-refractivity contribution < 1.29 is 19.0 Å². The molecule has 2 aliphatic rings. The van der Waals surface area contributed by atoms with Crippen LogP contribution in [0.4, 0.5) is 4.79 Å². The summed E-state index contributed by atoms with van der Waals surface area (Å²) in [6.07, 6.45) is 2.24. The molecule has 128 valence electrons. The van der Waals surface area contributed by atoms with Crippen LogP contribution in [0.1, 0.15) is 33.6 Å². The molecule has 1 aliphatic carbocycles. The lowest BCUT2D eigenvalue weighted by Gasteiger charge is -2.29. The van der Waals surface area contributed by atoms with E-state index in [-0.39, 0.29) is 12.1 Å². The van der Waals surface area contributed by atoms with Gasteiger partial charge in [0.25, 0.3) is 0 Å². The minimum absolute atomic E-state index is 0.121. The highest BCUT2D eigenvalue weighted by Gasteiger charge is 2.34. The number of nitrogens with one attached hydrogen (secondary N) is 1. The Morgan fingerprint density at radius 2 is 2.14 bits per heavy atom. The van der Waals surface area contributed by atoms with Crippen LogP contribution < -0.4 is 5.32 Å². The van der Waals surface area contributed by atoms with Gasteiger partial charge in [-0.25, -0.2) is 4.79 Å². The summed E-state index contributed by atoms with van der Waals surface area (Å²) in [4.78, 5) is 14.0. The molecule has 1 aliphatic heterocycles. The Labute approximate surface area is 133 Å². The first kappa shape index (κ1) is 17.5. The molecule has 2 unspecified atom stereocenters. The van der Waals surface area contributed by atoms with Gasteiger partial charge in [0.1, 0.15) is 5.60 Å². The van der Waals surface area contributed by atoms with Crippen molar-refractivity contribution in [2.24, 2.45) is 5.92 Å². The fraction of sp³-hybridized carbons (Fsp3) is 0.938. The summed E-state index contributed by atoms with van der Waals surface area (Å²) >= 11 is 0. The normalized spacial score (nSPS) is 24.7. The van der Waals surface area contributed by atoms with Crippen molar-refractivity contribution in [3.63, 3.8) is 0 Å². The number of nitrogens with zero attached hydrogens (tertiary/aromatic N) is 1. The van der Waals surface area contributed by atoms with Gasteiger partial charge in [0.2, 0.25) is 0 Å². The maximum Gasteiger partial charge on any atom is 0.410 e. The molecule has 0 aromatic rings. The largest absolute Gasteiger partial charge is 0.444 e. The van der Waals surface area contributed by atoms with E-state index >= 15 is 0 Å². The predicted molar refractivity (Wildman–Crippen MR) is 83.9 cm³/mol. The van der Waals surface area contributed by atoms with E-state index in [4.69, 9.17) is 14.2 Å². The Morgan fingerprint density at radius 1 is 1.41 bits per heavy atom. The van der Waals surface area contributed by atoms with Crippen LogP contribution in [0.15, 0.2) is 0 Å². The quantitative estimate of drug-likeness (QED) is 0.836. The first-order valence-electron chi connectivity index (χ1n) is 8.19. The third kappa shape index (κ3) is 5.74. The summed E-state index contributed by atoms with van der Waals surface area (Å²) in [6.45, 7) is 8.72. The van der Waals surface area contributed by atoms with Crippen molar-refractivity contribution in [2.45, 2.75) is 51.3 Å². The van der Waals surface area contributed by atoms with Gasteiger partial charge in [-0.3, -0.25) is 0 Å². The standard InChI is InChI=1S/C16H30N2O4/c1-16(2,3)22-15(19)18-7-8-21-10-13(9-18)17-14(11-20-4)12-5-6-12/h12-14,17H,5-11H2,1-4H3. The third-order valence-electron chi connectivity index (χ3n) is 3.90. The maximum absolute atomic E-state index is 12.3. The van der Waals surface area contributed by atoms with E-state index < -0.39 is 5.60 Å². The lowest BCUT2D eigenvalue weighted by Crippen LogP contribution is -2.50. The fourth-order valence-corrected chi connectivity index (χ4v) is 2.70. The van der Waals surface area contributed by atoms with E-state index in [0.717, 1.165) is 0 Å². The second kappa shape index (κ2) is 7.62. The zero-order chi connectivity index (χ0) is 16.2. The Morgan fingerprint density at radius 3 is 2.73 bits per heavy atom. The van der Waals surface area contributed by atoms with E-state index in [1.807, 2.05) is 20.8 Å². The minimum atomic E-state index is -0.472. The number of methoxy groups -OCH3 is 1. The van der Waals surface area contributed by atoms with Crippen molar-refractivity contribution in [1.82, 2.24) is 10.2 Å². The van der Waals surface area contributed by atoms with Gasteiger partial charge in [0.05, 0.1) is 19.8 Å². The topological polar surface area (TPSA) is 60.0 Å². The van der Waals surface area contributed by atoms with Crippen LogP contribution in [-0.2, 0) is 14.2 Å². The van der Waals surface area contributed by atoms with Crippen LogP contribution in [0.25, 0.3) is 0 Å². The smallest absolute Gasteiger partial charge is 0.410 e. The van der Waals surface area contributed by atoms with Crippen molar-refractivity contribution in [3.8, 4) is 0 Å². The van der Waals surface area contributed by atoms with Gasteiger partial charge in [-0.15, -0.1) is 0 Å². The Bertz CT molecular complexity index is 366. The summed E-state index contributed by atoms with van der Waals surface area (Å²) in [6, 6.07) is 0.466. The van der Waals surface area contributed by atoms with Gasteiger partial charge in [0.15, 0.2) is 0 Å². The van der Waals surface area contributed by atoms with Gasteiger partial charge in [-0.05, 0) is 39.5 Å². The fourth-order valence-electron chi connectivity index (χ4n) is 2.70. The van der Waals surface area contributed by atoms with Gasteiger partial charge >= 0.3 is 6.09 Å². The van der Waals surface area contributed by atoms with E-state index in [2.05, 4.69) is 5.32 Å². The molecule has 1 saturated carbocycles. The Balaban J connectivity index is 1.89. The number of amides is 1. The highest BCUT2D eigenvalue weighted by Crippen LogP contribution is 2.33. The molecule has 2 rings (SSSR count). The molecule has 0 aromatic heterocycles. The van der Waals surface area contributed by atoms with Gasteiger partial charge in [-0.2, -0.15) is 0 Å². The van der Waals surface area contributed by atoms with Crippen LogP contribution in [0, 0.1) is 5.92 Å². The maximum atomic E-state index is 12.3. The van der Waals surface area contributed by atoms with Crippen LogP contribution >= 0.6 is 0 Å². The molecule has 2 atom stereocenters. The van der Waals surface area contributed by atoms with Gasteiger partial charge < -0.3 is 24.4 Å². The summed E-state index contributed by atoms with van der Waals surface area (Å²) in [7, 11) is 1.73. The summed E-state index contributed by atoms with van der Waals surface area (Å²) in [5.74, 6) is 0.693. The monoisotopic (exact) mass is 314 g/mol. The number of hydrogen-bond acceptors (Lipinski definition) is 5. The molecule has 1 saturated heterocycles. The molecular formula is C16H30N2O4. The molecule has 0 aromatic carbocycles. The molecule has 0 radical (unpaired) electrons. The third-order valence-corrected chi connectivity index (χ3v) is 3.90. The van der Waals surface area contributed by atoms with Gasteiger partial charge in [0, 0.05) is 32.3 Å². The molecule has 0 bridgehead atoms. The highest BCUT2D eigenvalue weighted by molar-refractivity contribution is 5.68. The lowest BCUT2D eigenvalue weighted by atomic mass is 10.1. The molecule has 6 nitrogen and oxygen atoms in total. The van der Waals surface area contributed by atoms with Crippen LogP contribution in [-0.4, -0.2) is 68.7 Å². The average molecular weight is 314 g/mol. The highest BCUT2D eigenvalue weighted by atomic mass is 16.6. The SMILES string of the molecule is COCC(NC1COCCN(C(=O)OC(C)(C)C)C1)C1CC1. The van der Waals surface area contributed by atoms with Crippen molar-refractivity contribution >= 4 is 6.09 Å². The molecule has 1 amide bonds. The number of carbonyl (C=O) groups is 1. The van der Waals surface area contributed by atoms with Crippen molar-refractivity contribution in [3.05, 3.63) is 0 Å². The predicted octanol–water partition coefficient (Wildman–Crippen LogP) is 1.64. The van der Waals surface area contributed by atoms with E-state index in [1.165, 1.54) is 12.8 Å².